The standard InChI is InChI=1S/C15H18O3S2/c1-4-13-15(2,3)19-11-9-20(16,17)12-8-6-5-7-10(12)14(11)18-13/h5-8,13H,4,9H2,1-3H3. The second kappa shape index (κ2) is 4.53. The molecule has 20 heavy (non-hydrogen) atoms. The number of hydrogen-bond acceptors (Lipinski definition) is 4. The van der Waals surface area contributed by atoms with Gasteiger partial charge >= 0.3 is 0 Å². The molecule has 0 N–H and O–H groups in total. The fraction of sp³-hybridized carbons (Fsp3) is 0.467. The van der Waals surface area contributed by atoms with E-state index in [4.69, 9.17) is 4.74 Å². The Morgan fingerprint density at radius 2 is 2.05 bits per heavy atom. The summed E-state index contributed by atoms with van der Waals surface area (Å²) in [6.07, 6.45) is 1.01. The number of fused-ring (bicyclic) bond motifs is 2. The van der Waals surface area contributed by atoms with Crippen LogP contribution in [-0.2, 0) is 14.6 Å². The van der Waals surface area contributed by atoms with Gasteiger partial charge in [-0.3, -0.25) is 0 Å². The molecule has 1 aromatic rings. The Morgan fingerprint density at radius 3 is 2.75 bits per heavy atom. The third kappa shape index (κ3) is 2.07. The Labute approximate surface area is 124 Å². The van der Waals surface area contributed by atoms with E-state index in [1.807, 2.05) is 12.1 Å². The molecule has 3 nitrogen and oxygen atoms in total. The molecule has 108 valence electrons. The van der Waals surface area contributed by atoms with E-state index >= 15 is 0 Å². The van der Waals surface area contributed by atoms with Gasteiger partial charge in [0.1, 0.15) is 11.9 Å². The molecular weight excluding hydrogens is 292 g/mol. The third-order valence-electron chi connectivity index (χ3n) is 3.83. The van der Waals surface area contributed by atoms with Gasteiger partial charge in [0, 0.05) is 10.5 Å². The summed E-state index contributed by atoms with van der Waals surface area (Å²) >= 11 is 1.65. The maximum absolute atomic E-state index is 12.4. The van der Waals surface area contributed by atoms with Crippen LogP contribution in [0.25, 0.3) is 5.76 Å². The van der Waals surface area contributed by atoms with Crippen LogP contribution in [0, 0.1) is 0 Å². The van der Waals surface area contributed by atoms with Crippen molar-refractivity contribution in [2.24, 2.45) is 0 Å². The largest absolute Gasteiger partial charge is 0.487 e. The fourth-order valence-corrected chi connectivity index (χ4v) is 6.19. The Bertz CT molecular complexity index is 687. The van der Waals surface area contributed by atoms with Crippen LogP contribution < -0.4 is 0 Å². The van der Waals surface area contributed by atoms with Crippen LogP contribution in [0.5, 0.6) is 0 Å². The maximum Gasteiger partial charge on any atom is 0.183 e. The lowest BCUT2D eigenvalue weighted by atomic mass is 10.0. The van der Waals surface area contributed by atoms with Gasteiger partial charge in [0.15, 0.2) is 9.84 Å². The molecule has 0 fully saturated rings. The Balaban J connectivity index is 2.18. The van der Waals surface area contributed by atoms with Crippen LogP contribution in [0.4, 0.5) is 0 Å². The van der Waals surface area contributed by atoms with Crippen LogP contribution in [0.15, 0.2) is 34.1 Å². The van der Waals surface area contributed by atoms with Crippen LogP contribution in [-0.4, -0.2) is 25.0 Å². The van der Waals surface area contributed by atoms with Gasteiger partial charge in [-0.1, -0.05) is 19.1 Å². The summed E-state index contributed by atoms with van der Waals surface area (Å²) in [5, 5.41) is 0. The average Bonchev–Trinajstić information content (AvgIpc) is 2.37. The smallest absolute Gasteiger partial charge is 0.183 e. The van der Waals surface area contributed by atoms with Crippen LogP contribution >= 0.6 is 11.8 Å². The molecule has 2 aliphatic rings. The summed E-state index contributed by atoms with van der Waals surface area (Å²) in [6.45, 7) is 6.33. The van der Waals surface area contributed by atoms with E-state index in [-0.39, 0.29) is 16.6 Å². The van der Waals surface area contributed by atoms with E-state index in [0.717, 1.165) is 22.6 Å². The van der Waals surface area contributed by atoms with Gasteiger partial charge in [-0.05, 0) is 32.4 Å². The summed E-state index contributed by atoms with van der Waals surface area (Å²) in [5.41, 5.74) is 0.718. The first kappa shape index (κ1) is 14.0. The SMILES string of the molecule is CCC1OC2=C(CS(=O)(=O)c3ccccc32)SC1(C)C. The van der Waals surface area contributed by atoms with Gasteiger partial charge in [0.2, 0.25) is 0 Å². The second-order valence-corrected chi connectivity index (χ2v) is 9.43. The summed E-state index contributed by atoms with van der Waals surface area (Å²) in [6, 6.07) is 7.13. The molecule has 1 unspecified atom stereocenters. The zero-order valence-electron chi connectivity index (χ0n) is 11.8. The zero-order chi connectivity index (χ0) is 14.5. The van der Waals surface area contributed by atoms with Gasteiger partial charge in [0.25, 0.3) is 0 Å². The van der Waals surface area contributed by atoms with Crippen molar-refractivity contribution in [2.45, 2.75) is 42.9 Å². The van der Waals surface area contributed by atoms with Gasteiger partial charge in [0.05, 0.1) is 15.4 Å². The van der Waals surface area contributed by atoms with Crippen molar-refractivity contribution in [3.63, 3.8) is 0 Å². The Morgan fingerprint density at radius 1 is 1.35 bits per heavy atom. The lowest BCUT2D eigenvalue weighted by Crippen LogP contribution is -2.39. The van der Waals surface area contributed by atoms with Crippen molar-refractivity contribution in [3.8, 4) is 0 Å². The molecule has 0 saturated heterocycles. The maximum atomic E-state index is 12.4. The molecule has 2 aliphatic heterocycles. The highest BCUT2D eigenvalue weighted by Crippen LogP contribution is 2.50. The Hall–Kier alpha value is -0.940. The van der Waals surface area contributed by atoms with E-state index in [2.05, 4.69) is 20.8 Å². The molecule has 0 amide bonds. The monoisotopic (exact) mass is 310 g/mol. The number of rotatable bonds is 1. The number of thioether (sulfide) groups is 1. The number of sulfone groups is 1. The van der Waals surface area contributed by atoms with Crippen LogP contribution in [0.1, 0.15) is 32.8 Å². The quantitative estimate of drug-likeness (QED) is 0.796. The molecule has 0 radical (unpaired) electrons. The number of hydrogen-bond donors (Lipinski definition) is 0. The van der Waals surface area contributed by atoms with E-state index in [9.17, 15) is 8.42 Å². The van der Waals surface area contributed by atoms with E-state index in [0.29, 0.717) is 4.90 Å². The minimum atomic E-state index is -3.25. The predicted octanol–water partition coefficient (Wildman–Crippen LogP) is 3.46. The topological polar surface area (TPSA) is 43.4 Å². The lowest BCUT2D eigenvalue weighted by Gasteiger charge is -2.41. The highest BCUT2D eigenvalue weighted by atomic mass is 32.2. The molecule has 0 aromatic heterocycles. The van der Waals surface area contributed by atoms with E-state index in [1.54, 1.807) is 23.9 Å². The molecule has 2 heterocycles. The fourth-order valence-electron chi connectivity index (χ4n) is 2.84. The summed E-state index contributed by atoms with van der Waals surface area (Å²) in [7, 11) is -3.25. The molecule has 3 rings (SSSR count). The van der Waals surface area contributed by atoms with Gasteiger partial charge in [-0.15, -0.1) is 11.8 Å². The van der Waals surface area contributed by atoms with Crippen LogP contribution in [0.2, 0.25) is 0 Å². The minimum absolute atomic E-state index is 0.0594. The average molecular weight is 310 g/mol. The molecular formula is C15H18O3S2. The highest BCUT2D eigenvalue weighted by molar-refractivity contribution is 8.06. The van der Waals surface area contributed by atoms with Crippen molar-refractivity contribution < 1.29 is 13.2 Å². The number of ether oxygens (including phenoxy) is 1. The zero-order valence-corrected chi connectivity index (χ0v) is 13.5. The first-order valence-electron chi connectivity index (χ1n) is 6.76. The van der Waals surface area contributed by atoms with Gasteiger partial charge < -0.3 is 4.74 Å². The van der Waals surface area contributed by atoms with Crippen molar-refractivity contribution in [1.82, 2.24) is 0 Å². The normalized spacial score (nSPS) is 26.4. The summed E-state index contributed by atoms with van der Waals surface area (Å²) in [4.78, 5) is 1.24. The van der Waals surface area contributed by atoms with Crippen molar-refractivity contribution in [1.29, 1.82) is 0 Å². The molecule has 0 saturated carbocycles. The molecule has 0 bridgehead atoms. The highest BCUT2D eigenvalue weighted by Gasteiger charge is 2.42. The molecule has 5 heteroatoms. The number of benzene rings is 1. The first-order chi connectivity index (χ1) is 9.35. The molecule has 1 atom stereocenters. The molecule has 0 aliphatic carbocycles. The minimum Gasteiger partial charge on any atom is -0.487 e. The first-order valence-corrected chi connectivity index (χ1v) is 9.23. The second-order valence-electron chi connectivity index (χ2n) is 5.73. The van der Waals surface area contributed by atoms with Crippen molar-refractivity contribution >= 4 is 27.4 Å². The summed E-state index contributed by atoms with van der Waals surface area (Å²) < 4.78 is 30.8. The third-order valence-corrected chi connectivity index (χ3v) is 7.08. The van der Waals surface area contributed by atoms with E-state index < -0.39 is 9.84 Å². The van der Waals surface area contributed by atoms with Gasteiger partial charge in [-0.2, -0.15) is 0 Å². The molecule has 0 spiro atoms. The van der Waals surface area contributed by atoms with Crippen LogP contribution in [0.3, 0.4) is 0 Å². The lowest BCUT2D eigenvalue weighted by molar-refractivity contribution is 0.127. The van der Waals surface area contributed by atoms with E-state index in [1.165, 1.54) is 0 Å². The van der Waals surface area contributed by atoms with Gasteiger partial charge in [-0.25, -0.2) is 8.42 Å². The predicted molar refractivity (Wildman–Crippen MR) is 82.2 cm³/mol. The molecule has 1 aromatic carbocycles. The van der Waals surface area contributed by atoms with Crippen molar-refractivity contribution in [2.75, 3.05) is 5.75 Å². The summed E-state index contributed by atoms with van der Waals surface area (Å²) in [5.74, 6) is 0.829. The Kier molecular flexibility index (Phi) is 3.18. The van der Waals surface area contributed by atoms with Crippen molar-refractivity contribution in [3.05, 3.63) is 34.7 Å².